The molecule has 5 rings (SSSR count). The maximum Gasteiger partial charge on any atom is 0.308 e. The van der Waals surface area contributed by atoms with Gasteiger partial charge in [-0.3, -0.25) is 24.5 Å². The Morgan fingerprint density at radius 1 is 1.11 bits per heavy atom. The molecule has 0 aliphatic carbocycles. The van der Waals surface area contributed by atoms with E-state index in [4.69, 9.17) is 9.73 Å². The molecule has 1 aliphatic rings. The number of nitrogens with one attached hydrogen (secondary N) is 1. The lowest BCUT2D eigenvalue weighted by Gasteiger charge is -2.12. The van der Waals surface area contributed by atoms with Crippen molar-refractivity contribution in [2.75, 3.05) is 12.4 Å². The number of fused-ring (bicyclic) bond motifs is 3. The number of hydrogen-bond donors (Lipinski definition) is 1. The topological polar surface area (TPSA) is 125 Å². The highest BCUT2D eigenvalue weighted by atomic mass is 32.1. The molecule has 4 aromatic rings. The van der Waals surface area contributed by atoms with Gasteiger partial charge in [0.1, 0.15) is 16.9 Å². The molecule has 0 saturated carbocycles. The normalized spacial score (nSPS) is 14.2. The van der Waals surface area contributed by atoms with Crippen molar-refractivity contribution in [1.29, 1.82) is 0 Å². The van der Waals surface area contributed by atoms with Gasteiger partial charge < -0.3 is 10.1 Å². The minimum absolute atomic E-state index is 0.0555. The van der Waals surface area contributed by atoms with Crippen molar-refractivity contribution in [3.05, 3.63) is 97.4 Å². The smallest absolute Gasteiger partial charge is 0.308 e. The fourth-order valence-electron chi connectivity index (χ4n) is 4.45. The summed E-state index contributed by atoms with van der Waals surface area (Å²) in [5.74, 6) is 0.987. The molecule has 0 unspecified atom stereocenters. The Balaban J connectivity index is 1.48. The summed E-state index contributed by atoms with van der Waals surface area (Å²) < 4.78 is 6.95. The van der Waals surface area contributed by atoms with Crippen molar-refractivity contribution in [3.8, 4) is 5.00 Å². The van der Waals surface area contributed by atoms with E-state index in [1.165, 1.54) is 24.1 Å². The average Bonchev–Trinajstić information content (AvgIpc) is 3.39. The van der Waals surface area contributed by atoms with Crippen LogP contribution in [0.3, 0.4) is 0 Å². The second-order valence-electron chi connectivity index (χ2n) is 9.03. The highest BCUT2D eigenvalue weighted by Crippen LogP contribution is 2.39. The molecular formula is C27H26N6O4S. The van der Waals surface area contributed by atoms with Crippen LogP contribution in [0.1, 0.15) is 51.2 Å². The quantitative estimate of drug-likeness (QED) is 0.197. The number of aliphatic imine (C=N–C) groups is 1. The average molecular weight is 531 g/mol. The maximum atomic E-state index is 12.3. The van der Waals surface area contributed by atoms with Crippen molar-refractivity contribution in [2.24, 2.45) is 4.99 Å². The molecule has 0 bridgehead atoms. The molecule has 0 spiro atoms. The van der Waals surface area contributed by atoms with Crippen LogP contribution in [-0.4, -0.2) is 38.5 Å². The Hall–Kier alpha value is -4.38. The van der Waals surface area contributed by atoms with Crippen LogP contribution in [0.2, 0.25) is 0 Å². The van der Waals surface area contributed by atoms with Crippen LogP contribution in [0.15, 0.2) is 53.5 Å². The van der Waals surface area contributed by atoms with Crippen molar-refractivity contribution < 1.29 is 14.5 Å². The molecule has 1 atom stereocenters. The zero-order chi connectivity index (χ0) is 27.0. The lowest BCUT2D eigenvalue weighted by molar-refractivity contribution is -0.384. The summed E-state index contributed by atoms with van der Waals surface area (Å²) in [4.78, 5) is 29.0. The number of aromatic nitrogens is 3. The molecule has 10 nitrogen and oxygen atoms in total. The summed E-state index contributed by atoms with van der Waals surface area (Å²) in [5.41, 5.74) is 5.75. The first-order valence-corrected chi connectivity index (χ1v) is 12.8. The highest BCUT2D eigenvalue weighted by Gasteiger charge is 2.32. The highest BCUT2D eigenvalue weighted by molar-refractivity contribution is 7.15. The van der Waals surface area contributed by atoms with E-state index in [1.54, 1.807) is 23.5 Å². The van der Waals surface area contributed by atoms with E-state index in [0.29, 0.717) is 12.4 Å². The zero-order valence-corrected chi connectivity index (χ0v) is 22.2. The van der Waals surface area contributed by atoms with Gasteiger partial charge in [-0.25, -0.2) is 0 Å². The molecule has 0 radical (unpaired) electrons. The number of nitro benzene ring substituents is 1. The number of hydrogen-bond acceptors (Lipinski definition) is 9. The van der Waals surface area contributed by atoms with E-state index in [2.05, 4.69) is 29.4 Å². The number of nitro groups is 1. The number of ether oxygens (including phenoxy) is 1. The molecule has 194 valence electrons. The van der Waals surface area contributed by atoms with Crippen molar-refractivity contribution in [3.63, 3.8) is 0 Å². The Morgan fingerprint density at radius 2 is 1.82 bits per heavy atom. The molecular weight excluding hydrogens is 504 g/mol. The van der Waals surface area contributed by atoms with E-state index in [-0.39, 0.29) is 18.1 Å². The van der Waals surface area contributed by atoms with Crippen LogP contribution in [0.4, 0.5) is 11.4 Å². The Morgan fingerprint density at radius 3 is 2.47 bits per heavy atom. The summed E-state index contributed by atoms with van der Waals surface area (Å²) in [6, 6.07) is 13.9. The standard InChI is InChI=1S/C27H26N6O4S/c1-15-16(2)38-27-24(15)25(29-22(13-23(34)37-4)26-31-30-17(3)32(26)27)19-7-9-20(10-8-19)28-14-18-5-11-21(12-6-18)33(35)36/h5-12,22,28H,13-14H2,1-4H3/t22-/m0/s1. The minimum atomic E-state index is -0.544. The first kappa shape index (κ1) is 25.3. The van der Waals surface area contributed by atoms with Crippen LogP contribution < -0.4 is 5.32 Å². The summed E-state index contributed by atoms with van der Waals surface area (Å²) >= 11 is 1.66. The van der Waals surface area contributed by atoms with Gasteiger partial charge in [-0.1, -0.05) is 24.3 Å². The predicted octanol–water partition coefficient (Wildman–Crippen LogP) is 5.23. The summed E-state index contributed by atoms with van der Waals surface area (Å²) in [7, 11) is 1.37. The number of non-ortho nitro benzene ring substituents is 1. The molecule has 0 fully saturated rings. The third-order valence-corrected chi connectivity index (χ3v) is 7.82. The second kappa shape index (κ2) is 10.2. The number of thiophene rings is 1. The van der Waals surface area contributed by atoms with Gasteiger partial charge in [0.15, 0.2) is 5.82 Å². The molecule has 1 N–H and O–H groups in total. The molecule has 2 aromatic heterocycles. The van der Waals surface area contributed by atoms with E-state index in [0.717, 1.165) is 44.5 Å². The van der Waals surface area contributed by atoms with E-state index in [1.807, 2.05) is 35.8 Å². The number of carbonyl (C=O) groups is 1. The Labute approximate surface area is 223 Å². The molecule has 0 saturated heterocycles. The lowest BCUT2D eigenvalue weighted by atomic mass is 9.99. The van der Waals surface area contributed by atoms with Crippen LogP contribution in [0.25, 0.3) is 5.00 Å². The minimum Gasteiger partial charge on any atom is -0.469 e. The number of aryl methyl sites for hydroxylation is 2. The fraction of sp³-hybridized carbons (Fsp3) is 0.259. The molecule has 2 aromatic carbocycles. The Kier molecular flexibility index (Phi) is 6.77. The van der Waals surface area contributed by atoms with Crippen LogP contribution in [0, 0.1) is 30.9 Å². The van der Waals surface area contributed by atoms with Crippen LogP contribution in [-0.2, 0) is 16.1 Å². The molecule has 0 amide bonds. The van der Waals surface area contributed by atoms with E-state index in [9.17, 15) is 14.9 Å². The molecule has 11 heteroatoms. The van der Waals surface area contributed by atoms with Crippen molar-refractivity contribution in [1.82, 2.24) is 14.8 Å². The number of benzene rings is 2. The van der Waals surface area contributed by atoms with Crippen LogP contribution in [0.5, 0.6) is 0 Å². The summed E-state index contributed by atoms with van der Waals surface area (Å²) in [6.45, 7) is 6.60. The lowest BCUT2D eigenvalue weighted by Crippen LogP contribution is -2.12. The van der Waals surface area contributed by atoms with Gasteiger partial charge in [-0.05, 0) is 44.0 Å². The Bertz CT molecular complexity index is 1550. The number of anilines is 1. The van der Waals surface area contributed by atoms with Gasteiger partial charge in [0.25, 0.3) is 5.69 Å². The summed E-state index contributed by atoms with van der Waals surface area (Å²) in [6.07, 6.45) is 0.0555. The zero-order valence-electron chi connectivity index (χ0n) is 21.4. The molecule has 1 aliphatic heterocycles. The number of rotatable bonds is 7. The van der Waals surface area contributed by atoms with Gasteiger partial charge in [0.2, 0.25) is 0 Å². The monoisotopic (exact) mass is 530 g/mol. The molecule has 3 heterocycles. The number of carbonyl (C=O) groups excluding carboxylic acids is 1. The predicted molar refractivity (Wildman–Crippen MR) is 145 cm³/mol. The fourth-order valence-corrected chi connectivity index (χ4v) is 5.67. The van der Waals surface area contributed by atoms with Crippen molar-refractivity contribution in [2.45, 2.75) is 39.8 Å². The number of esters is 1. The first-order chi connectivity index (χ1) is 18.3. The van der Waals surface area contributed by atoms with Gasteiger partial charge in [-0.15, -0.1) is 21.5 Å². The van der Waals surface area contributed by atoms with Crippen molar-refractivity contribution >= 4 is 34.4 Å². The third kappa shape index (κ3) is 4.68. The van der Waals surface area contributed by atoms with Gasteiger partial charge in [0, 0.05) is 40.4 Å². The largest absolute Gasteiger partial charge is 0.469 e. The SMILES string of the molecule is COC(=O)C[C@@H]1N=C(c2ccc(NCc3ccc([N+](=O)[O-])cc3)cc2)c2c(sc(C)c2C)-n2c(C)nnc21. The van der Waals surface area contributed by atoms with Gasteiger partial charge in [-0.2, -0.15) is 0 Å². The van der Waals surface area contributed by atoms with Crippen LogP contribution >= 0.6 is 11.3 Å². The van der Waals surface area contributed by atoms with E-state index < -0.39 is 11.0 Å². The number of nitrogens with zero attached hydrogens (tertiary/aromatic N) is 5. The van der Waals surface area contributed by atoms with Gasteiger partial charge >= 0.3 is 5.97 Å². The second-order valence-corrected chi connectivity index (χ2v) is 10.2. The van der Waals surface area contributed by atoms with Gasteiger partial charge in [0.05, 0.1) is 24.2 Å². The molecule has 38 heavy (non-hydrogen) atoms. The number of methoxy groups -OCH3 is 1. The first-order valence-electron chi connectivity index (χ1n) is 12.0. The van der Waals surface area contributed by atoms with E-state index >= 15 is 0 Å². The third-order valence-electron chi connectivity index (χ3n) is 6.63. The maximum absolute atomic E-state index is 12.3. The summed E-state index contributed by atoms with van der Waals surface area (Å²) in [5, 5.41) is 23.9.